The summed E-state index contributed by atoms with van der Waals surface area (Å²) < 4.78 is 24.5. The fraction of sp³-hybridized carbons (Fsp3) is 0.412. The number of rotatable bonds is 5. The first-order chi connectivity index (χ1) is 12.7. The summed E-state index contributed by atoms with van der Waals surface area (Å²) in [5.74, 6) is -0.232. The van der Waals surface area contributed by atoms with Crippen LogP contribution >= 0.6 is 0 Å². The van der Waals surface area contributed by atoms with Gasteiger partial charge in [-0.3, -0.25) is 19.6 Å². The summed E-state index contributed by atoms with van der Waals surface area (Å²) in [5.41, 5.74) is 2.12. The molecular weight excluding hydrogens is 372 g/mol. The smallest absolute Gasteiger partial charge is 0.312 e. The van der Waals surface area contributed by atoms with Gasteiger partial charge in [0.05, 0.1) is 23.0 Å². The van der Waals surface area contributed by atoms with Gasteiger partial charge in [0.1, 0.15) is 11.4 Å². The molecule has 0 bridgehead atoms. The molecule has 1 atom stereocenters. The standard InChI is InChI=1S/C17H20N4O5S/c1-11-16(21(23)24)12(2)20(19-11)9-13-3-5-14(6-4-13)17(22)18-15-7-8-27(25,26)10-15/h3-6,15H,7-10H2,1-2H3,(H,18,22). The van der Waals surface area contributed by atoms with Crippen molar-refractivity contribution in [2.24, 2.45) is 0 Å². The molecule has 1 N–H and O–H groups in total. The van der Waals surface area contributed by atoms with E-state index in [9.17, 15) is 23.3 Å². The maximum atomic E-state index is 12.3. The third kappa shape index (κ3) is 4.16. The lowest BCUT2D eigenvalue weighted by molar-refractivity contribution is -0.386. The Kier molecular flexibility index (Phi) is 5.01. The number of nitro groups is 1. The first-order valence-electron chi connectivity index (χ1n) is 8.45. The Labute approximate surface area is 156 Å². The van der Waals surface area contributed by atoms with Crippen molar-refractivity contribution >= 4 is 21.4 Å². The molecule has 1 aliphatic heterocycles. The predicted molar refractivity (Wildman–Crippen MR) is 98.4 cm³/mol. The van der Waals surface area contributed by atoms with Crippen LogP contribution in [0.4, 0.5) is 5.69 Å². The number of carbonyl (C=O) groups is 1. The third-order valence-electron chi connectivity index (χ3n) is 4.64. The molecule has 3 rings (SSSR count). The van der Waals surface area contributed by atoms with Gasteiger partial charge in [0.25, 0.3) is 5.91 Å². The van der Waals surface area contributed by atoms with Crippen molar-refractivity contribution in [3.8, 4) is 0 Å². The zero-order valence-corrected chi connectivity index (χ0v) is 15.8. The number of hydrogen-bond donors (Lipinski definition) is 1. The molecule has 1 unspecified atom stereocenters. The van der Waals surface area contributed by atoms with E-state index in [2.05, 4.69) is 10.4 Å². The van der Waals surface area contributed by atoms with E-state index in [-0.39, 0.29) is 29.1 Å². The van der Waals surface area contributed by atoms with E-state index in [0.717, 1.165) is 5.56 Å². The molecule has 1 aromatic heterocycles. The maximum Gasteiger partial charge on any atom is 0.312 e. The van der Waals surface area contributed by atoms with Crippen LogP contribution in [-0.2, 0) is 16.4 Å². The highest BCUT2D eigenvalue weighted by Gasteiger charge is 2.29. The SMILES string of the molecule is Cc1nn(Cc2ccc(C(=O)NC3CCS(=O)(=O)C3)cc2)c(C)c1[N+](=O)[O-]. The average Bonchev–Trinajstić information content (AvgIpc) is 3.06. The number of nitrogens with one attached hydrogen (secondary N) is 1. The molecule has 144 valence electrons. The first-order valence-corrected chi connectivity index (χ1v) is 10.3. The summed E-state index contributed by atoms with van der Waals surface area (Å²) in [6.07, 6.45) is 0.433. The minimum atomic E-state index is -3.05. The van der Waals surface area contributed by atoms with Crippen LogP contribution in [0.3, 0.4) is 0 Å². The summed E-state index contributed by atoms with van der Waals surface area (Å²) in [5, 5.41) is 18.0. The second-order valence-electron chi connectivity index (χ2n) is 6.70. The second-order valence-corrected chi connectivity index (χ2v) is 8.93. The second kappa shape index (κ2) is 7.10. The molecule has 0 saturated carbocycles. The number of amides is 1. The Bertz CT molecular complexity index is 995. The van der Waals surface area contributed by atoms with Gasteiger partial charge < -0.3 is 5.32 Å². The van der Waals surface area contributed by atoms with Gasteiger partial charge >= 0.3 is 5.69 Å². The number of aromatic nitrogens is 2. The lowest BCUT2D eigenvalue weighted by Crippen LogP contribution is -2.35. The number of sulfone groups is 1. The van der Waals surface area contributed by atoms with Crippen LogP contribution < -0.4 is 5.32 Å². The van der Waals surface area contributed by atoms with Crippen LogP contribution in [0.25, 0.3) is 0 Å². The van der Waals surface area contributed by atoms with Crippen molar-refractivity contribution < 1.29 is 18.1 Å². The molecule has 1 aromatic carbocycles. The van der Waals surface area contributed by atoms with E-state index in [1.807, 2.05) is 0 Å². The molecule has 0 radical (unpaired) electrons. The lowest BCUT2D eigenvalue weighted by atomic mass is 10.1. The molecule has 27 heavy (non-hydrogen) atoms. The molecule has 0 spiro atoms. The van der Waals surface area contributed by atoms with Gasteiger partial charge in [-0.1, -0.05) is 12.1 Å². The predicted octanol–water partition coefficient (Wildman–Crippen LogP) is 1.37. The summed E-state index contributed by atoms with van der Waals surface area (Å²) in [7, 11) is -3.05. The quantitative estimate of drug-likeness (QED) is 0.605. The molecule has 2 heterocycles. The van der Waals surface area contributed by atoms with Gasteiger partial charge in [-0.05, 0) is 38.0 Å². The van der Waals surface area contributed by atoms with Gasteiger partial charge in [-0.25, -0.2) is 8.42 Å². The Morgan fingerprint density at radius 2 is 2.00 bits per heavy atom. The fourth-order valence-corrected chi connectivity index (χ4v) is 4.89. The van der Waals surface area contributed by atoms with Crippen LogP contribution in [0.5, 0.6) is 0 Å². The Morgan fingerprint density at radius 3 is 2.52 bits per heavy atom. The van der Waals surface area contributed by atoms with E-state index < -0.39 is 14.8 Å². The fourth-order valence-electron chi connectivity index (χ4n) is 3.22. The average molecular weight is 392 g/mol. The molecule has 0 aliphatic carbocycles. The van der Waals surface area contributed by atoms with Gasteiger partial charge in [-0.15, -0.1) is 0 Å². The molecule has 1 aliphatic rings. The van der Waals surface area contributed by atoms with Crippen molar-refractivity contribution in [1.82, 2.24) is 15.1 Å². The van der Waals surface area contributed by atoms with Gasteiger partial charge in [0.15, 0.2) is 9.84 Å². The maximum absolute atomic E-state index is 12.3. The van der Waals surface area contributed by atoms with Crippen LogP contribution in [0, 0.1) is 24.0 Å². The summed E-state index contributed by atoms with van der Waals surface area (Å²) in [6.45, 7) is 3.59. The first kappa shape index (κ1) is 19.0. The minimum absolute atomic E-state index is 0.0116. The van der Waals surface area contributed by atoms with Gasteiger partial charge in [0.2, 0.25) is 0 Å². The highest BCUT2D eigenvalue weighted by molar-refractivity contribution is 7.91. The van der Waals surface area contributed by atoms with E-state index >= 15 is 0 Å². The monoisotopic (exact) mass is 392 g/mol. The number of aryl methyl sites for hydroxylation is 1. The summed E-state index contributed by atoms with van der Waals surface area (Å²) >= 11 is 0. The number of nitrogens with zero attached hydrogens (tertiary/aromatic N) is 3. The Morgan fingerprint density at radius 1 is 1.33 bits per heavy atom. The lowest BCUT2D eigenvalue weighted by Gasteiger charge is -2.11. The third-order valence-corrected chi connectivity index (χ3v) is 6.41. The molecular formula is C17H20N4O5S. The van der Waals surface area contributed by atoms with E-state index in [1.165, 1.54) is 0 Å². The van der Waals surface area contributed by atoms with Crippen LogP contribution in [0.2, 0.25) is 0 Å². The number of carbonyl (C=O) groups excluding carboxylic acids is 1. The van der Waals surface area contributed by atoms with Crippen molar-refractivity contribution in [1.29, 1.82) is 0 Å². The summed E-state index contributed by atoms with van der Waals surface area (Å²) in [6, 6.07) is 6.45. The number of benzene rings is 1. The molecule has 1 fully saturated rings. The topological polar surface area (TPSA) is 124 Å². The van der Waals surface area contributed by atoms with E-state index in [1.54, 1.807) is 42.8 Å². The van der Waals surface area contributed by atoms with Crippen molar-refractivity contribution in [3.63, 3.8) is 0 Å². The van der Waals surface area contributed by atoms with Crippen molar-refractivity contribution in [2.75, 3.05) is 11.5 Å². The highest BCUT2D eigenvalue weighted by Crippen LogP contribution is 2.22. The van der Waals surface area contributed by atoms with E-state index in [0.29, 0.717) is 29.9 Å². The normalized spacial score (nSPS) is 18.4. The van der Waals surface area contributed by atoms with Crippen LogP contribution in [0.15, 0.2) is 24.3 Å². The zero-order chi connectivity index (χ0) is 19.8. The molecule has 9 nitrogen and oxygen atoms in total. The number of hydrogen-bond acceptors (Lipinski definition) is 6. The van der Waals surface area contributed by atoms with E-state index in [4.69, 9.17) is 0 Å². The van der Waals surface area contributed by atoms with Crippen molar-refractivity contribution in [2.45, 2.75) is 32.9 Å². The molecule has 1 saturated heterocycles. The largest absolute Gasteiger partial charge is 0.348 e. The molecule has 1 amide bonds. The highest BCUT2D eigenvalue weighted by atomic mass is 32.2. The van der Waals surface area contributed by atoms with Gasteiger partial charge in [-0.2, -0.15) is 5.10 Å². The Balaban J connectivity index is 1.68. The molecule has 10 heteroatoms. The summed E-state index contributed by atoms with van der Waals surface area (Å²) in [4.78, 5) is 22.9. The zero-order valence-electron chi connectivity index (χ0n) is 15.0. The van der Waals surface area contributed by atoms with Gasteiger partial charge in [0, 0.05) is 11.6 Å². The van der Waals surface area contributed by atoms with Crippen molar-refractivity contribution in [3.05, 3.63) is 56.9 Å². The van der Waals surface area contributed by atoms with Crippen LogP contribution in [-0.4, -0.2) is 46.6 Å². The molecule has 2 aromatic rings. The minimum Gasteiger partial charge on any atom is -0.348 e. The van der Waals surface area contributed by atoms with Crippen LogP contribution in [0.1, 0.15) is 33.7 Å². The Hall–Kier alpha value is -2.75.